The summed E-state index contributed by atoms with van der Waals surface area (Å²) in [4.78, 5) is 1.32. The number of thioether (sulfide) groups is 1. The molecular weight excluding hydrogens is 226 g/mol. The second kappa shape index (κ2) is 7.57. The van der Waals surface area contributed by atoms with Gasteiger partial charge in [0.2, 0.25) is 0 Å². The molecule has 1 aromatic carbocycles. The minimum Gasteiger partial charge on any atom is -0.311 e. The molecule has 0 fully saturated rings. The van der Waals surface area contributed by atoms with Gasteiger partial charge in [0.15, 0.2) is 0 Å². The summed E-state index contributed by atoms with van der Waals surface area (Å²) in [6.07, 6.45) is 5.50. The Labute approximate surface area is 110 Å². The zero-order chi connectivity index (χ0) is 12.7. The van der Waals surface area contributed by atoms with Gasteiger partial charge in [-0.3, -0.25) is 0 Å². The SMILES string of the molecule is CCC(=Cc1ccc(SC)cc1)CNC(C)C. The van der Waals surface area contributed by atoms with Crippen molar-refractivity contribution in [3.63, 3.8) is 0 Å². The van der Waals surface area contributed by atoms with E-state index in [1.165, 1.54) is 16.0 Å². The van der Waals surface area contributed by atoms with Crippen LogP contribution in [0.15, 0.2) is 34.7 Å². The molecule has 0 radical (unpaired) electrons. The van der Waals surface area contributed by atoms with Crippen molar-refractivity contribution in [3.8, 4) is 0 Å². The maximum atomic E-state index is 3.47. The van der Waals surface area contributed by atoms with Crippen LogP contribution in [0, 0.1) is 0 Å². The first-order valence-electron chi connectivity index (χ1n) is 6.22. The fraction of sp³-hybridized carbons (Fsp3) is 0.467. The van der Waals surface area contributed by atoms with E-state index in [-0.39, 0.29) is 0 Å². The van der Waals surface area contributed by atoms with Crippen LogP contribution in [0.2, 0.25) is 0 Å². The lowest BCUT2D eigenvalue weighted by atomic mass is 10.1. The molecule has 94 valence electrons. The minimum absolute atomic E-state index is 0.545. The average molecular weight is 249 g/mol. The Balaban J connectivity index is 2.68. The van der Waals surface area contributed by atoms with Gasteiger partial charge in [0.1, 0.15) is 0 Å². The van der Waals surface area contributed by atoms with Crippen LogP contribution in [0.5, 0.6) is 0 Å². The number of hydrogen-bond acceptors (Lipinski definition) is 2. The predicted octanol–water partition coefficient (Wildman–Crippen LogP) is 4.20. The van der Waals surface area contributed by atoms with Gasteiger partial charge < -0.3 is 5.32 Å². The zero-order valence-electron chi connectivity index (χ0n) is 11.3. The molecule has 0 aliphatic rings. The fourth-order valence-electron chi connectivity index (χ4n) is 1.55. The smallest absolute Gasteiger partial charge is 0.0170 e. The topological polar surface area (TPSA) is 12.0 Å². The summed E-state index contributed by atoms with van der Waals surface area (Å²) in [5.74, 6) is 0. The Kier molecular flexibility index (Phi) is 6.38. The molecule has 0 unspecified atom stereocenters. The summed E-state index contributed by atoms with van der Waals surface area (Å²) in [7, 11) is 0. The monoisotopic (exact) mass is 249 g/mol. The molecule has 0 saturated heterocycles. The molecule has 0 spiro atoms. The lowest BCUT2D eigenvalue weighted by Gasteiger charge is -2.10. The van der Waals surface area contributed by atoms with E-state index >= 15 is 0 Å². The first-order chi connectivity index (χ1) is 8.15. The van der Waals surface area contributed by atoms with Crippen LogP contribution in [0.1, 0.15) is 32.8 Å². The summed E-state index contributed by atoms with van der Waals surface area (Å²) in [5, 5.41) is 3.47. The summed E-state index contributed by atoms with van der Waals surface area (Å²) < 4.78 is 0. The molecule has 1 N–H and O–H groups in total. The molecule has 2 heteroatoms. The Bertz CT molecular complexity index is 352. The first kappa shape index (κ1) is 14.3. The maximum Gasteiger partial charge on any atom is 0.0170 e. The van der Waals surface area contributed by atoms with Crippen LogP contribution >= 0.6 is 11.8 Å². The van der Waals surface area contributed by atoms with E-state index in [2.05, 4.69) is 62.7 Å². The first-order valence-corrected chi connectivity index (χ1v) is 7.45. The highest BCUT2D eigenvalue weighted by atomic mass is 32.2. The van der Waals surface area contributed by atoms with Crippen molar-refractivity contribution in [1.29, 1.82) is 0 Å². The van der Waals surface area contributed by atoms with E-state index in [0.29, 0.717) is 6.04 Å². The van der Waals surface area contributed by atoms with E-state index in [1.807, 2.05) is 0 Å². The van der Waals surface area contributed by atoms with Crippen LogP contribution < -0.4 is 5.32 Å². The van der Waals surface area contributed by atoms with Crippen molar-refractivity contribution in [3.05, 3.63) is 35.4 Å². The van der Waals surface area contributed by atoms with Crippen molar-refractivity contribution >= 4 is 17.8 Å². The normalized spacial score (nSPS) is 12.2. The molecule has 0 saturated carbocycles. The van der Waals surface area contributed by atoms with Crippen LogP contribution in [-0.4, -0.2) is 18.8 Å². The van der Waals surface area contributed by atoms with E-state index in [4.69, 9.17) is 0 Å². The Morgan fingerprint density at radius 1 is 1.29 bits per heavy atom. The van der Waals surface area contributed by atoms with Gasteiger partial charge in [-0.15, -0.1) is 11.8 Å². The van der Waals surface area contributed by atoms with Crippen LogP contribution in [0.25, 0.3) is 6.08 Å². The standard InChI is InChI=1S/C15H23NS/c1-5-13(11-16-12(2)3)10-14-6-8-15(17-4)9-7-14/h6-10,12,16H,5,11H2,1-4H3. The molecule has 0 bridgehead atoms. The van der Waals surface area contributed by atoms with E-state index in [1.54, 1.807) is 11.8 Å². The van der Waals surface area contributed by atoms with E-state index < -0.39 is 0 Å². The van der Waals surface area contributed by atoms with Gasteiger partial charge in [0.25, 0.3) is 0 Å². The number of benzene rings is 1. The largest absolute Gasteiger partial charge is 0.311 e. The van der Waals surface area contributed by atoms with Crippen molar-refractivity contribution < 1.29 is 0 Å². The molecule has 0 aromatic heterocycles. The van der Waals surface area contributed by atoms with E-state index in [9.17, 15) is 0 Å². The summed E-state index contributed by atoms with van der Waals surface area (Å²) in [5.41, 5.74) is 2.75. The van der Waals surface area contributed by atoms with Gasteiger partial charge in [0, 0.05) is 17.5 Å². The Morgan fingerprint density at radius 3 is 2.41 bits per heavy atom. The van der Waals surface area contributed by atoms with Crippen molar-refractivity contribution in [2.75, 3.05) is 12.8 Å². The van der Waals surface area contributed by atoms with Crippen molar-refractivity contribution in [1.82, 2.24) is 5.32 Å². The molecule has 0 amide bonds. The molecule has 1 rings (SSSR count). The minimum atomic E-state index is 0.545. The summed E-state index contributed by atoms with van der Waals surface area (Å²) in [6, 6.07) is 9.29. The predicted molar refractivity (Wildman–Crippen MR) is 79.6 cm³/mol. The third kappa shape index (κ3) is 5.42. The van der Waals surface area contributed by atoms with Crippen LogP contribution in [0.3, 0.4) is 0 Å². The molecule has 1 aromatic rings. The van der Waals surface area contributed by atoms with Crippen molar-refractivity contribution in [2.24, 2.45) is 0 Å². The van der Waals surface area contributed by atoms with Gasteiger partial charge >= 0.3 is 0 Å². The molecule has 0 atom stereocenters. The summed E-state index contributed by atoms with van der Waals surface area (Å²) >= 11 is 1.78. The summed E-state index contributed by atoms with van der Waals surface area (Å²) in [6.45, 7) is 7.56. The highest BCUT2D eigenvalue weighted by molar-refractivity contribution is 7.98. The van der Waals surface area contributed by atoms with E-state index in [0.717, 1.165) is 13.0 Å². The molecule has 17 heavy (non-hydrogen) atoms. The lowest BCUT2D eigenvalue weighted by molar-refractivity contribution is 0.617. The van der Waals surface area contributed by atoms with Gasteiger partial charge in [-0.2, -0.15) is 0 Å². The third-order valence-electron chi connectivity index (χ3n) is 2.68. The highest BCUT2D eigenvalue weighted by Gasteiger charge is 1.98. The molecule has 0 aliphatic carbocycles. The van der Waals surface area contributed by atoms with Gasteiger partial charge in [-0.25, -0.2) is 0 Å². The van der Waals surface area contributed by atoms with Crippen molar-refractivity contribution in [2.45, 2.75) is 38.1 Å². The highest BCUT2D eigenvalue weighted by Crippen LogP contribution is 2.17. The maximum absolute atomic E-state index is 3.47. The Morgan fingerprint density at radius 2 is 1.94 bits per heavy atom. The molecule has 0 heterocycles. The molecular formula is C15H23NS. The molecule has 1 nitrogen and oxygen atoms in total. The second-order valence-corrected chi connectivity index (χ2v) is 5.34. The quantitative estimate of drug-likeness (QED) is 0.758. The average Bonchev–Trinajstić information content (AvgIpc) is 2.35. The van der Waals surface area contributed by atoms with Crippen LogP contribution in [0.4, 0.5) is 0 Å². The number of rotatable bonds is 6. The second-order valence-electron chi connectivity index (χ2n) is 4.46. The lowest BCUT2D eigenvalue weighted by Crippen LogP contribution is -2.24. The fourth-order valence-corrected chi connectivity index (χ4v) is 1.96. The van der Waals surface area contributed by atoms with Gasteiger partial charge in [0.05, 0.1) is 0 Å². The number of nitrogens with one attached hydrogen (secondary N) is 1. The zero-order valence-corrected chi connectivity index (χ0v) is 12.1. The molecule has 0 aliphatic heterocycles. The van der Waals surface area contributed by atoms with Crippen LogP contribution in [-0.2, 0) is 0 Å². The number of hydrogen-bond donors (Lipinski definition) is 1. The van der Waals surface area contributed by atoms with Gasteiger partial charge in [-0.05, 0) is 30.4 Å². The third-order valence-corrected chi connectivity index (χ3v) is 3.42. The van der Waals surface area contributed by atoms with Gasteiger partial charge in [-0.1, -0.05) is 44.6 Å². The Hall–Kier alpha value is -0.730.